The van der Waals surface area contributed by atoms with Crippen LogP contribution in [-0.2, 0) is 4.79 Å². The molecule has 2 heterocycles. The first-order valence-corrected chi connectivity index (χ1v) is 9.22. The van der Waals surface area contributed by atoms with E-state index in [1.54, 1.807) is 0 Å². The Hall–Kier alpha value is -1.69. The molecule has 3 amide bonds. The molecule has 0 radical (unpaired) electrons. The number of amides is 3. The molecule has 0 aliphatic carbocycles. The van der Waals surface area contributed by atoms with Gasteiger partial charge in [-0.15, -0.1) is 0 Å². The Kier molecular flexibility index (Phi) is 5.10. The van der Waals surface area contributed by atoms with E-state index in [9.17, 15) is 9.59 Å². The van der Waals surface area contributed by atoms with Gasteiger partial charge in [0.15, 0.2) is 0 Å². The molecule has 0 unspecified atom stereocenters. The number of hydrogen-bond acceptors (Lipinski definition) is 3. The maximum Gasteiger partial charge on any atom is 0.315 e. The molecule has 0 spiro atoms. The van der Waals surface area contributed by atoms with Crippen molar-refractivity contribution in [1.29, 1.82) is 0 Å². The maximum atomic E-state index is 11.9. The number of carbonyl (C=O) groups excluding carboxylic acids is 2. The van der Waals surface area contributed by atoms with Gasteiger partial charge >= 0.3 is 6.03 Å². The molecular formula is C17H23N3O2S. The van der Waals surface area contributed by atoms with E-state index in [-0.39, 0.29) is 24.0 Å². The fraction of sp³-hybridized carbons (Fsp3) is 0.529. The van der Waals surface area contributed by atoms with E-state index < -0.39 is 0 Å². The van der Waals surface area contributed by atoms with Crippen molar-refractivity contribution in [3.8, 4) is 0 Å². The van der Waals surface area contributed by atoms with E-state index in [1.807, 2.05) is 43.0 Å². The minimum atomic E-state index is -0.0391. The standard InChI is InChI=1S/C17H23N3O2S/c1-11-6-8-12(9-7-11)18-15(21)5-3-2-4-14-16-13(10-23-14)19-17(22)20-16/h6-9,13-14,16H,2-5,10H2,1H3,(H,18,21)(H2,19,20,22)/t13-,14-,16+/m0/s1. The van der Waals surface area contributed by atoms with Crippen LogP contribution in [0.1, 0.15) is 31.2 Å². The minimum absolute atomic E-state index is 0.0391. The van der Waals surface area contributed by atoms with E-state index in [0.717, 1.165) is 30.7 Å². The van der Waals surface area contributed by atoms with Crippen molar-refractivity contribution in [2.24, 2.45) is 0 Å². The van der Waals surface area contributed by atoms with E-state index in [4.69, 9.17) is 0 Å². The summed E-state index contributed by atoms with van der Waals surface area (Å²) in [4.78, 5) is 23.3. The summed E-state index contributed by atoms with van der Waals surface area (Å²) in [7, 11) is 0. The number of carbonyl (C=O) groups is 2. The third-order valence-electron chi connectivity index (χ3n) is 4.42. The topological polar surface area (TPSA) is 70.2 Å². The first-order valence-electron chi connectivity index (χ1n) is 8.17. The van der Waals surface area contributed by atoms with Crippen LogP contribution in [0, 0.1) is 6.92 Å². The van der Waals surface area contributed by atoms with Gasteiger partial charge < -0.3 is 16.0 Å². The zero-order chi connectivity index (χ0) is 16.2. The Morgan fingerprint density at radius 2 is 2.04 bits per heavy atom. The summed E-state index contributed by atoms with van der Waals surface area (Å²) in [6.07, 6.45) is 3.49. The van der Waals surface area contributed by atoms with Crippen molar-refractivity contribution in [3.63, 3.8) is 0 Å². The second-order valence-electron chi connectivity index (χ2n) is 6.28. The highest BCUT2D eigenvalue weighted by atomic mass is 32.2. The van der Waals surface area contributed by atoms with Gasteiger partial charge in [-0.1, -0.05) is 24.1 Å². The zero-order valence-corrected chi connectivity index (χ0v) is 14.1. The fourth-order valence-corrected chi connectivity index (χ4v) is 4.68. The molecule has 1 aromatic carbocycles. The second kappa shape index (κ2) is 7.25. The smallest absolute Gasteiger partial charge is 0.315 e. The molecule has 124 valence electrons. The van der Waals surface area contributed by atoms with Crippen LogP contribution in [0.15, 0.2) is 24.3 Å². The minimum Gasteiger partial charge on any atom is -0.332 e. The third-order valence-corrected chi connectivity index (χ3v) is 5.92. The van der Waals surface area contributed by atoms with Crippen molar-refractivity contribution in [3.05, 3.63) is 29.8 Å². The predicted molar refractivity (Wildman–Crippen MR) is 93.8 cm³/mol. The zero-order valence-electron chi connectivity index (χ0n) is 13.3. The number of rotatable bonds is 6. The van der Waals surface area contributed by atoms with E-state index in [2.05, 4.69) is 16.0 Å². The van der Waals surface area contributed by atoms with Crippen LogP contribution in [0.25, 0.3) is 0 Å². The van der Waals surface area contributed by atoms with Gasteiger partial charge in [0, 0.05) is 23.1 Å². The van der Waals surface area contributed by atoms with E-state index in [1.165, 1.54) is 5.56 Å². The van der Waals surface area contributed by atoms with Gasteiger partial charge in [0.05, 0.1) is 12.1 Å². The molecule has 0 saturated carbocycles. The van der Waals surface area contributed by atoms with Crippen LogP contribution < -0.4 is 16.0 Å². The van der Waals surface area contributed by atoms with Gasteiger partial charge in [-0.3, -0.25) is 4.79 Å². The van der Waals surface area contributed by atoms with Gasteiger partial charge in [-0.25, -0.2) is 4.79 Å². The second-order valence-corrected chi connectivity index (χ2v) is 7.55. The molecule has 1 aromatic rings. The van der Waals surface area contributed by atoms with Gasteiger partial charge in [-0.05, 0) is 31.9 Å². The monoisotopic (exact) mass is 333 g/mol. The summed E-state index contributed by atoms with van der Waals surface area (Å²) < 4.78 is 0. The SMILES string of the molecule is Cc1ccc(NC(=O)CCCC[C@@H]2SC[C@@H]3NC(=O)N[C@H]32)cc1. The Morgan fingerprint density at radius 3 is 2.83 bits per heavy atom. The van der Waals surface area contributed by atoms with Crippen molar-refractivity contribution in [2.45, 2.75) is 49.9 Å². The number of anilines is 1. The highest BCUT2D eigenvalue weighted by Gasteiger charge is 2.42. The highest BCUT2D eigenvalue weighted by molar-refractivity contribution is 8.00. The Bertz CT molecular complexity index is 576. The Morgan fingerprint density at radius 1 is 1.26 bits per heavy atom. The van der Waals surface area contributed by atoms with Gasteiger partial charge in [-0.2, -0.15) is 11.8 Å². The van der Waals surface area contributed by atoms with E-state index >= 15 is 0 Å². The summed E-state index contributed by atoms with van der Waals surface area (Å²) >= 11 is 1.92. The molecule has 3 rings (SSSR count). The molecule has 2 aliphatic heterocycles. The normalized spacial score (nSPS) is 25.6. The highest BCUT2D eigenvalue weighted by Crippen LogP contribution is 2.33. The average molecular weight is 333 g/mol. The number of aryl methyl sites for hydroxylation is 1. The molecule has 0 aromatic heterocycles. The lowest BCUT2D eigenvalue weighted by Gasteiger charge is -2.16. The molecule has 2 aliphatic rings. The lowest BCUT2D eigenvalue weighted by molar-refractivity contribution is -0.116. The summed E-state index contributed by atoms with van der Waals surface area (Å²) in [5, 5.41) is 9.35. The first kappa shape index (κ1) is 16.2. The summed E-state index contributed by atoms with van der Waals surface area (Å²) in [6.45, 7) is 2.03. The number of unbranched alkanes of at least 4 members (excludes halogenated alkanes) is 1. The average Bonchev–Trinajstić information content (AvgIpc) is 3.06. The van der Waals surface area contributed by atoms with Crippen LogP contribution in [0.4, 0.5) is 10.5 Å². The summed E-state index contributed by atoms with van der Waals surface area (Å²) in [5.74, 6) is 1.06. The molecular weight excluding hydrogens is 310 g/mol. The Labute approximate surface area is 141 Å². The van der Waals surface area contributed by atoms with Crippen LogP contribution in [0.2, 0.25) is 0 Å². The third kappa shape index (κ3) is 4.19. The molecule has 3 N–H and O–H groups in total. The largest absolute Gasteiger partial charge is 0.332 e. The quantitative estimate of drug-likeness (QED) is 0.554. The number of urea groups is 1. The first-order chi connectivity index (χ1) is 11.1. The van der Waals surface area contributed by atoms with Crippen LogP contribution in [0.3, 0.4) is 0 Å². The number of fused-ring (bicyclic) bond motifs is 1. The number of benzene rings is 1. The van der Waals surface area contributed by atoms with Crippen molar-refractivity contribution >= 4 is 29.4 Å². The molecule has 6 heteroatoms. The number of thioether (sulfide) groups is 1. The predicted octanol–water partition coefficient (Wildman–Crippen LogP) is 2.66. The summed E-state index contributed by atoms with van der Waals surface area (Å²) in [5.41, 5.74) is 2.04. The molecule has 2 fully saturated rings. The van der Waals surface area contributed by atoms with Gasteiger partial charge in [0.1, 0.15) is 0 Å². The fourth-order valence-electron chi connectivity index (χ4n) is 3.13. The molecule has 5 nitrogen and oxygen atoms in total. The van der Waals surface area contributed by atoms with Crippen LogP contribution >= 0.6 is 11.8 Å². The number of nitrogens with one attached hydrogen (secondary N) is 3. The molecule has 2 saturated heterocycles. The van der Waals surface area contributed by atoms with Crippen LogP contribution in [0.5, 0.6) is 0 Å². The summed E-state index contributed by atoms with van der Waals surface area (Å²) in [6, 6.07) is 8.34. The molecule has 0 bridgehead atoms. The molecule has 3 atom stereocenters. The van der Waals surface area contributed by atoms with Crippen molar-refractivity contribution < 1.29 is 9.59 Å². The van der Waals surface area contributed by atoms with Crippen molar-refractivity contribution in [1.82, 2.24) is 10.6 Å². The lowest BCUT2D eigenvalue weighted by atomic mass is 10.0. The van der Waals surface area contributed by atoms with Gasteiger partial charge in [0.2, 0.25) is 5.91 Å². The van der Waals surface area contributed by atoms with Crippen LogP contribution in [-0.4, -0.2) is 35.0 Å². The van der Waals surface area contributed by atoms with Gasteiger partial charge in [0.25, 0.3) is 0 Å². The lowest BCUT2D eigenvalue weighted by Crippen LogP contribution is -2.36. The van der Waals surface area contributed by atoms with Crippen molar-refractivity contribution in [2.75, 3.05) is 11.1 Å². The molecule has 23 heavy (non-hydrogen) atoms. The maximum absolute atomic E-state index is 11.9. The Balaban J connectivity index is 1.34. The number of hydrogen-bond donors (Lipinski definition) is 3. The van der Waals surface area contributed by atoms with E-state index in [0.29, 0.717) is 11.7 Å².